The Morgan fingerprint density at radius 1 is 1.43 bits per heavy atom. The molecule has 6 heteroatoms. The molecule has 0 bridgehead atoms. The molecule has 1 fully saturated rings. The van der Waals surface area contributed by atoms with Gasteiger partial charge in [0, 0.05) is 24.8 Å². The maximum absolute atomic E-state index is 11.8. The van der Waals surface area contributed by atoms with Gasteiger partial charge in [-0.1, -0.05) is 11.6 Å². The first-order valence-corrected chi connectivity index (χ1v) is 7.53. The van der Waals surface area contributed by atoms with Gasteiger partial charge in [0.25, 0.3) is 0 Å². The fraction of sp³-hybridized carbons (Fsp3) is 0.533. The van der Waals surface area contributed by atoms with Crippen molar-refractivity contribution in [2.45, 2.75) is 19.3 Å². The summed E-state index contributed by atoms with van der Waals surface area (Å²) in [6.45, 7) is 2.71. The predicted molar refractivity (Wildman–Crippen MR) is 83.5 cm³/mol. The first-order valence-electron chi connectivity index (χ1n) is 7.15. The van der Waals surface area contributed by atoms with Crippen LogP contribution in [-0.4, -0.2) is 32.3 Å². The van der Waals surface area contributed by atoms with Gasteiger partial charge in [0.1, 0.15) is 0 Å². The van der Waals surface area contributed by atoms with Crippen LogP contribution in [0.2, 0.25) is 5.02 Å². The van der Waals surface area contributed by atoms with Crippen LogP contribution in [0, 0.1) is 5.92 Å². The van der Waals surface area contributed by atoms with E-state index in [-0.39, 0.29) is 5.91 Å². The molecule has 1 heterocycles. The number of hydrogen-bond acceptors (Lipinski definition) is 4. The highest BCUT2D eigenvalue weighted by molar-refractivity contribution is 6.31. The summed E-state index contributed by atoms with van der Waals surface area (Å²) in [6, 6.07) is 4.99. The Morgan fingerprint density at radius 3 is 2.95 bits per heavy atom. The van der Waals surface area contributed by atoms with Gasteiger partial charge in [-0.05, 0) is 37.0 Å². The number of hydrogen-bond donors (Lipinski definition) is 2. The van der Waals surface area contributed by atoms with Crippen LogP contribution < -0.4 is 11.1 Å². The second-order valence-corrected chi connectivity index (χ2v) is 5.60. The Hall–Kier alpha value is -1.30. The third-order valence-corrected chi connectivity index (χ3v) is 3.69. The van der Waals surface area contributed by atoms with E-state index < -0.39 is 0 Å². The molecule has 116 valence electrons. The van der Waals surface area contributed by atoms with Gasteiger partial charge in [0.15, 0.2) is 0 Å². The van der Waals surface area contributed by atoms with Gasteiger partial charge in [-0.3, -0.25) is 4.79 Å². The topological polar surface area (TPSA) is 73.6 Å². The minimum absolute atomic E-state index is 0.129. The van der Waals surface area contributed by atoms with E-state index >= 15 is 0 Å². The van der Waals surface area contributed by atoms with Gasteiger partial charge in [-0.2, -0.15) is 0 Å². The smallest absolute Gasteiger partial charge is 0.226 e. The Kier molecular flexibility index (Phi) is 6.29. The summed E-state index contributed by atoms with van der Waals surface area (Å²) in [5.74, 6) is 0.418. The Balaban J connectivity index is 1.66. The highest BCUT2D eigenvalue weighted by Crippen LogP contribution is 2.23. The summed E-state index contributed by atoms with van der Waals surface area (Å²) in [6.07, 6.45) is 2.37. The number of carbonyl (C=O) groups excluding carboxylic acids is 1. The molecule has 0 aromatic heterocycles. The minimum Gasteiger partial charge on any atom is -0.397 e. The first-order chi connectivity index (χ1) is 10.1. The molecule has 3 N–H and O–H groups in total. The van der Waals surface area contributed by atoms with E-state index in [1.165, 1.54) is 0 Å². The molecule has 2 rings (SSSR count). The zero-order valence-corrected chi connectivity index (χ0v) is 12.7. The van der Waals surface area contributed by atoms with Crippen molar-refractivity contribution in [3.63, 3.8) is 0 Å². The quantitative estimate of drug-likeness (QED) is 0.625. The van der Waals surface area contributed by atoms with E-state index in [0.717, 1.165) is 26.1 Å². The second kappa shape index (κ2) is 8.22. The fourth-order valence-corrected chi connectivity index (χ4v) is 2.35. The lowest BCUT2D eigenvalue weighted by atomic mass is 10.0. The second-order valence-electron chi connectivity index (χ2n) is 5.16. The van der Waals surface area contributed by atoms with E-state index in [0.29, 0.717) is 41.9 Å². The molecule has 1 amide bonds. The lowest BCUT2D eigenvalue weighted by Crippen LogP contribution is -2.21. The summed E-state index contributed by atoms with van der Waals surface area (Å²) < 4.78 is 10.9. The summed E-state index contributed by atoms with van der Waals surface area (Å²) in [7, 11) is 0. The largest absolute Gasteiger partial charge is 0.397 e. The van der Waals surface area contributed by atoms with E-state index in [4.69, 9.17) is 26.8 Å². The first kappa shape index (κ1) is 16.1. The van der Waals surface area contributed by atoms with Crippen LogP contribution in [0.4, 0.5) is 11.4 Å². The number of nitrogens with one attached hydrogen (secondary N) is 1. The van der Waals surface area contributed by atoms with Gasteiger partial charge >= 0.3 is 0 Å². The Morgan fingerprint density at radius 2 is 2.19 bits per heavy atom. The maximum atomic E-state index is 11.8. The molecule has 1 aliphatic rings. The average molecular weight is 313 g/mol. The van der Waals surface area contributed by atoms with Gasteiger partial charge in [-0.15, -0.1) is 0 Å². The van der Waals surface area contributed by atoms with Crippen LogP contribution in [-0.2, 0) is 14.3 Å². The van der Waals surface area contributed by atoms with Crippen LogP contribution in [0.15, 0.2) is 18.2 Å². The molecule has 1 saturated heterocycles. The summed E-state index contributed by atoms with van der Waals surface area (Å²) in [5.41, 5.74) is 6.81. The van der Waals surface area contributed by atoms with Gasteiger partial charge in [-0.25, -0.2) is 0 Å². The van der Waals surface area contributed by atoms with Crippen LogP contribution >= 0.6 is 11.6 Å². The van der Waals surface area contributed by atoms with E-state index in [2.05, 4.69) is 5.32 Å². The van der Waals surface area contributed by atoms with Gasteiger partial charge in [0.05, 0.1) is 24.4 Å². The molecule has 1 aliphatic heterocycles. The number of amides is 1. The normalized spacial score (nSPS) is 15.9. The predicted octanol–water partition coefficient (Wildman–Crippen LogP) is 2.69. The number of anilines is 2. The van der Waals surface area contributed by atoms with Crippen LogP contribution in [0.25, 0.3) is 0 Å². The molecular formula is C15H21ClN2O3. The highest BCUT2D eigenvalue weighted by atomic mass is 35.5. The molecule has 0 atom stereocenters. The number of halogens is 1. The molecule has 0 unspecified atom stereocenters. The van der Waals surface area contributed by atoms with Crippen molar-refractivity contribution in [2.75, 3.05) is 37.5 Å². The SMILES string of the molecule is Nc1ccc(Cl)cc1NC(=O)CCOCC1CCOCC1. The third-order valence-electron chi connectivity index (χ3n) is 3.46. The summed E-state index contributed by atoms with van der Waals surface area (Å²) in [5, 5.41) is 3.28. The molecule has 0 saturated carbocycles. The molecule has 1 aromatic rings. The zero-order valence-electron chi connectivity index (χ0n) is 11.9. The number of nitrogen functional groups attached to an aromatic ring is 1. The van der Waals surface area contributed by atoms with Crippen LogP contribution in [0.3, 0.4) is 0 Å². The number of carbonyl (C=O) groups is 1. The van der Waals surface area contributed by atoms with Crippen molar-refractivity contribution < 1.29 is 14.3 Å². The summed E-state index contributed by atoms with van der Waals surface area (Å²) >= 11 is 5.87. The summed E-state index contributed by atoms with van der Waals surface area (Å²) in [4.78, 5) is 11.8. The molecule has 0 spiro atoms. The lowest BCUT2D eigenvalue weighted by molar-refractivity contribution is -0.117. The zero-order chi connectivity index (χ0) is 15.1. The highest BCUT2D eigenvalue weighted by Gasteiger charge is 2.14. The Labute approximate surface area is 129 Å². The van der Waals surface area contributed by atoms with Crippen LogP contribution in [0.1, 0.15) is 19.3 Å². The van der Waals surface area contributed by atoms with Crippen molar-refractivity contribution in [1.82, 2.24) is 0 Å². The maximum Gasteiger partial charge on any atom is 0.226 e. The molecule has 5 nitrogen and oxygen atoms in total. The number of rotatable bonds is 6. The van der Waals surface area contributed by atoms with Gasteiger partial charge in [0.2, 0.25) is 5.91 Å². The fourth-order valence-electron chi connectivity index (χ4n) is 2.18. The molecule has 0 radical (unpaired) electrons. The van der Waals surface area contributed by atoms with Crippen molar-refractivity contribution in [3.8, 4) is 0 Å². The van der Waals surface area contributed by atoms with E-state index in [9.17, 15) is 4.79 Å². The van der Waals surface area contributed by atoms with Crippen molar-refractivity contribution >= 4 is 28.9 Å². The monoisotopic (exact) mass is 312 g/mol. The standard InChI is InChI=1S/C15H21ClN2O3/c16-12-1-2-13(17)14(9-12)18-15(19)5-8-21-10-11-3-6-20-7-4-11/h1-2,9,11H,3-8,10,17H2,(H,18,19). The van der Waals surface area contributed by atoms with Gasteiger partial charge < -0.3 is 20.5 Å². The van der Waals surface area contributed by atoms with E-state index in [1.54, 1.807) is 18.2 Å². The Bertz CT molecular complexity index is 476. The molecule has 1 aromatic carbocycles. The van der Waals surface area contributed by atoms with E-state index in [1.807, 2.05) is 0 Å². The molecule has 0 aliphatic carbocycles. The minimum atomic E-state index is -0.129. The molecular weight excluding hydrogens is 292 g/mol. The van der Waals surface area contributed by atoms with Crippen LogP contribution in [0.5, 0.6) is 0 Å². The van der Waals surface area contributed by atoms with Crippen molar-refractivity contribution in [3.05, 3.63) is 23.2 Å². The number of benzene rings is 1. The molecule has 21 heavy (non-hydrogen) atoms. The number of nitrogens with two attached hydrogens (primary N) is 1. The van der Waals surface area contributed by atoms with Crippen molar-refractivity contribution in [1.29, 1.82) is 0 Å². The third kappa shape index (κ3) is 5.53. The van der Waals surface area contributed by atoms with Crippen molar-refractivity contribution in [2.24, 2.45) is 5.92 Å². The average Bonchev–Trinajstić information content (AvgIpc) is 2.48. The lowest BCUT2D eigenvalue weighted by Gasteiger charge is -2.21. The number of ether oxygens (including phenoxy) is 2.